The van der Waals surface area contributed by atoms with Crippen molar-refractivity contribution in [1.29, 1.82) is 0 Å². The molecule has 0 aliphatic heterocycles. The van der Waals surface area contributed by atoms with Crippen LogP contribution in [0.15, 0.2) is 0 Å². The normalized spacial score (nSPS) is 16.6. The summed E-state index contributed by atoms with van der Waals surface area (Å²) in [5.74, 6) is 0. The number of primary amides is 1. The maximum Gasteiger partial charge on any atom is 0.404 e. The van der Waals surface area contributed by atoms with E-state index < -0.39 is 32.0 Å². The number of ether oxygens (including phenoxy) is 1. The van der Waals surface area contributed by atoms with Gasteiger partial charge in [0.1, 0.15) is 12.2 Å². The number of hydrogen-bond acceptors (Lipinski definition) is 4. The van der Waals surface area contributed by atoms with Crippen LogP contribution in [0.5, 0.6) is 0 Å². The summed E-state index contributed by atoms with van der Waals surface area (Å²) >= 11 is 0. The van der Waals surface area contributed by atoms with E-state index in [1.54, 1.807) is 0 Å². The topological polar surface area (TPSA) is 81.8 Å². The summed E-state index contributed by atoms with van der Waals surface area (Å²) in [5, 5.41) is 10.4. The van der Waals surface area contributed by atoms with E-state index in [9.17, 15) is 9.90 Å². The van der Waals surface area contributed by atoms with Crippen molar-refractivity contribution in [1.82, 2.24) is 0 Å². The van der Waals surface area contributed by atoms with Crippen LogP contribution in [0.1, 0.15) is 41.5 Å². The number of carbonyl (C=O) groups is 1. The van der Waals surface area contributed by atoms with Crippen LogP contribution in [0.2, 0.25) is 18.1 Å². The third-order valence-electron chi connectivity index (χ3n) is 3.87. The maximum atomic E-state index is 11.0. The van der Waals surface area contributed by atoms with Crippen molar-refractivity contribution in [3.8, 4) is 0 Å². The van der Waals surface area contributed by atoms with Gasteiger partial charge in [0.2, 0.25) is 0 Å². The van der Waals surface area contributed by atoms with Crippen molar-refractivity contribution in [2.75, 3.05) is 6.61 Å². The van der Waals surface area contributed by atoms with Crippen LogP contribution in [-0.2, 0) is 9.16 Å². The Morgan fingerprint density at radius 3 is 1.95 bits per heavy atom. The number of carbonyl (C=O) groups excluding carboxylic acids is 1. The van der Waals surface area contributed by atoms with Gasteiger partial charge >= 0.3 is 6.09 Å². The molecule has 3 N–H and O–H groups in total. The third-order valence-corrected chi connectivity index (χ3v) is 8.37. The molecule has 0 aliphatic carbocycles. The number of nitrogens with two attached hydrogens (primary N) is 1. The fraction of sp³-hybridized carbons (Fsp3) is 0.929. The second-order valence-corrected chi connectivity index (χ2v) is 12.7. The van der Waals surface area contributed by atoms with E-state index in [0.717, 1.165) is 0 Å². The molecule has 0 aliphatic rings. The van der Waals surface area contributed by atoms with Gasteiger partial charge in [0, 0.05) is 5.41 Å². The van der Waals surface area contributed by atoms with Gasteiger partial charge < -0.3 is 20.0 Å². The molecule has 5 nitrogen and oxygen atoms in total. The van der Waals surface area contributed by atoms with Crippen molar-refractivity contribution in [3.05, 3.63) is 0 Å². The van der Waals surface area contributed by atoms with Gasteiger partial charge in [-0.1, -0.05) is 41.5 Å². The molecule has 0 saturated carbocycles. The maximum absolute atomic E-state index is 11.0. The Bertz CT molecular complexity index is 331. The lowest BCUT2D eigenvalue weighted by atomic mass is 9.86. The largest absolute Gasteiger partial charge is 0.443 e. The van der Waals surface area contributed by atoms with Crippen LogP contribution in [0.25, 0.3) is 0 Å². The van der Waals surface area contributed by atoms with Crippen LogP contribution in [0, 0.1) is 5.41 Å². The van der Waals surface area contributed by atoms with Crippen LogP contribution in [-0.4, -0.2) is 38.3 Å². The molecule has 6 heteroatoms. The summed E-state index contributed by atoms with van der Waals surface area (Å²) in [6, 6.07) is 0. The molecule has 0 bridgehead atoms. The predicted octanol–water partition coefficient (Wildman–Crippen LogP) is 2.88. The number of rotatable bonds is 5. The van der Waals surface area contributed by atoms with E-state index in [-0.39, 0.29) is 11.6 Å². The molecule has 0 fully saturated rings. The highest BCUT2D eigenvalue weighted by Gasteiger charge is 2.40. The van der Waals surface area contributed by atoms with E-state index >= 15 is 0 Å². The van der Waals surface area contributed by atoms with Gasteiger partial charge in [-0.25, -0.2) is 4.79 Å². The summed E-state index contributed by atoms with van der Waals surface area (Å²) in [6.07, 6.45) is -2.46. The van der Waals surface area contributed by atoms with E-state index in [1.165, 1.54) is 0 Å². The van der Waals surface area contributed by atoms with Gasteiger partial charge in [-0.15, -0.1) is 0 Å². The molecule has 0 rings (SSSR count). The first kappa shape index (κ1) is 19.4. The number of hydrogen-bond donors (Lipinski definition) is 2. The van der Waals surface area contributed by atoms with Crippen molar-refractivity contribution < 1.29 is 19.1 Å². The lowest BCUT2D eigenvalue weighted by Gasteiger charge is -2.39. The second kappa shape index (κ2) is 6.45. The third kappa shape index (κ3) is 5.81. The van der Waals surface area contributed by atoms with Gasteiger partial charge in [-0.3, -0.25) is 0 Å². The molecule has 0 aromatic heterocycles. The highest BCUT2D eigenvalue weighted by molar-refractivity contribution is 6.74. The minimum absolute atomic E-state index is 0.0640. The first-order chi connectivity index (χ1) is 8.68. The van der Waals surface area contributed by atoms with Gasteiger partial charge in [-0.2, -0.15) is 0 Å². The molecular formula is C14H31NO4Si. The monoisotopic (exact) mass is 305 g/mol. The molecule has 120 valence electrons. The molecular weight excluding hydrogens is 274 g/mol. The number of aliphatic hydroxyl groups is 1. The zero-order valence-electron chi connectivity index (χ0n) is 14.1. The minimum atomic E-state index is -1.94. The molecule has 0 heterocycles. The molecule has 0 aromatic carbocycles. The first-order valence-electron chi connectivity index (χ1n) is 6.96. The molecule has 20 heavy (non-hydrogen) atoms. The quantitative estimate of drug-likeness (QED) is 0.765. The molecule has 1 unspecified atom stereocenters. The minimum Gasteiger partial charge on any atom is -0.443 e. The standard InChI is InChI=1S/C14H31NO4Si/c1-13(2,3)11(19-12(15)17)10(16)9-18-20(7,8)14(4,5)6/h10-11,16H,9H2,1-8H3,(H2,15,17)/t10?,11-/m0/s1. The molecule has 1 amide bonds. The Morgan fingerprint density at radius 1 is 1.20 bits per heavy atom. The van der Waals surface area contributed by atoms with E-state index in [0.29, 0.717) is 0 Å². The van der Waals surface area contributed by atoms with Crippen LogP contribution in [0.3, 0.4) is 0 Å². The van der Waals surface area contributed by atoms with Crippen molar-refractivity contribution in [2.45, 2.75) is 71.9 Å². The Hall–Kier alpha value is -0.593. The Morgan fingerprint density at radius 2 is 1.65 bits per heavy atom. The van der Waals surface area contributed by atoms with Crippen LogP contribution in [0.4, 0.5) is 4.79 Å². The lowest BCUT2D eigenvalue weighted by Crippen LogP contribution is -2.48. The van der Waals surface area contributed by atoms with Crippen molar-refractivity contribution in [3.63, 3.8) is 0 Å². The summed E-state index contributed by atoms with van der Waals surface area (Å²) in [4.78, 5) is 11.0. The summed E-state index contributed by atoms with van der Waals surface area (Å²) < 4.78 is 11.0. The summed E-state index contributed by atoms with van der Waals surface area (Å²) in [6.45, 7) is 16.4. The predicted molar refractivity (Wildman–Crippen MR) is 83.1 cm³/mol. The van der Waals surface area contributed by atoms with E-state index in [4.69, 9.17) is 14.9 Å². The van der Waals surface area contributed by atoms with Crippen LogP contribution < -0.4 is 5.73 Å². The molecule has 0 saturated heterocycles. The van der Waals surface area contributed by atoms with Gasteiger partial charge in [-0.05, 0) is 18.1 Å². The lowest BCUT2D eigenvalue weighted by molar-refractivity contribution is -0.0676. The van der Waals surface area contributed by atoms with Gasteiger partial charge in [0.15, 0.2) is 8.32 Å². The highest BCUT2D eigenvalue weighted by Crippen LogP contribution is 2.37. The molecule has 0 aromatic rings. The van der Waals surface area contributed by atoms with Crippen LogP contribution >= 0.6 is 0 Å². The highest BCUT2D eigenvalue weighted by atomic mass is 28.4. The second-order valence-electron chi connectivity index (χ2n) is 7.86. The smallest absolute Gasteiger partial charge is 0.404 e. The van der Waals surface area contributed by atoms with Gasteiger partial charge in [0.05, 0.1) is 6.61 Å². The fourth-order valence-electron chi connectivity index (χ4n) is 1.56. The van der Waals surface area contributed by atoms with E-state index in [2.05, 4.69) is 33.9 Å². The zero-order chi connectivity index (χ0) is 16.4. The number of aliphatic hydroxyl groups excluding tert-OH is 1. The van der Waals surface area contributed by atoms with Crippen molar-refractivity contribution in [2.24, 2.45) is 11.1 Å². The molecule has 0 spiro atoms. The SMILES string of the molecule is CC(C)(C)[C@@H](OC(N)=O)C(O)CO[Si](C)(C)C(C)(C)C. The molecule has 0 radical (unpaired) electrons. The summed E-state index contributed by atoms with van der Waals surface area (Å²) in [5.41, 5.74) is 4.66. The molecule has 2 atom stereocenters. The average molecular weight is 305 g/mol. The fourth-order valence-corrected chi connectivity index (χ4v) is 2.58. The first-order valence-corrected chi connectivity index (χ1v) is 9.87. The average Bonchev–Trinajstić information content (AvgIpc) is 2.19. The zero-order valence-corrected chi connectivity index (χ0v) is 15.1. The number of amides is 1. The van der Waals surface area contributed by atoms with E-state index in [1.807, 2.05) is 20.8 Å². The summed E-state index contributed by atoms with van der Waals surface area (Å²) in [7, 11) is -1.94. The van der Waals surface area contributed by atoms with Gasteiger partial charge in [0.25, 0.3) is 0 Å². The van der Waals surface area contributed by atoms with Crippen molar-refractivity contribution >= 4 is 14.4 Å². The Kier molecular flexibility index (Phi) is 6.26. The Balaban J connectivity index is 4.79. The Labute approximate surface area is 124 Å².